The number of rotatable bonds is 7. The molecule has 0 aliphatic carbocycles. The predicted molar refractivity (Wildman–Crippen MR) is 65.7 cm³/mol. The minimum Gasteiger partial charge on any atom is -0.481 e. The number of aryl methyl sites for hydroxylation is 1. The fourth-order valence-corrected chi connectivity index (χ4v) is 1.75. The van der Waals surface area contributed by atoms with Gasteiger partial charge in [0, 0.05) is 25.5 Å². The van der Waals surface area contributed by atoms with Gasteiger partial charge in [-0.3, -0.25) is 9.69 Å². The second kappa shape index (κ2) is 6.39. The van der Waals surface area contributed by atoms with Gasteiger partial charge in [-0.05, 0) is 13.5 Å². The average molecular weight is 239 g/mol. The van der Waals surface area contributed by atoms with Crippen molar-refractivity contribution in [3.63, 3.8) is 0 Å². The molecule has 1 atom stereocenters. The van der Waals surface area contributed by atoms with Gasteiger partial charge >= 0.3 is 5.97 Å². The van der Waals surface area contributed by atoms with Crippen LogP contribution in [0.1, 0.15) is 26.6 Å². The van der Waals surface area contributed by atoms with Crippen LogP contribution in [0.4, 0.5) is 0 Å². The molecule has 1 aromatic heterocycles. The van der Waals surface area contributed by atoms with Gasteiger partial charge in [-0.2, -0.15) is 0 Å². The Kier molecular flexibility index (Phi) is 5.15. The first-order valence-corrected chi connectivity index (χ1v) is 6.03. The Morgan fingerprint density at radius 2 is 2.29 bits per heavy atom. The summed E-state index contributed by atoms with van der Waals surface area (Å²) in [4.78, 5) is 17.2. The molecule has 96 valence electrons. The molecule has 1 N–H and O–H groups in total. The number of nitrogens with zero attached hydrogens (tertiary/aromatic N) is 3. The molecular formula is C12H21N3O2. The minimum atomic E-state index is -0.748. The molecule has 5 nitrogen and oxygen atoms in total. The zero-order valence-corrected chi connectivity index (χ0v) is 10.8. The van der Waals surface area contributed by atoms with Crippen molar-refractivity contribution in [2.45, 2.75) is 33.9 Å². The van der Waals surface area contributed by atoms with E-state index in [1.807, 2.05) is 13.1 Å². The molecule has 0 radical (unpaired) electrons. The largest absolute Gasteiger partial charge is 0.481 e. The maximum Gasteiger partial charge on any atom is 0.307 e. The highest BCUT2D eigenvalue weighted by molar-refractivity contribution is 5.69. The summed E-state index contributed by atoms with van der Waals surface area (Å²) < 4.78 is 2.08. The lowest BCUT2D eigenvalue weighted by atomic mass is 10.1. The van der Waals surface area contributed by atoms with E-state index in [1.54, 1.807) is 13.1 Å². The van der Waals surface area contributed by atoms with Gasteiger partial charge in [-0.25, -0.2) is 4.98 Å². The van der Waals surface area contributed by atoms with Gasteiger partial charge in [-0.15, -0.1) is 0 Å². The number of hydrogen-bond acceptors (Lipinski definition) is 3. The molecule has 0 aliphatic heterocycles. The first-order chi connectivity index (χ1) is 8.08. The van der Waals surface area contributed by atoms with Gasteiger partial charge in [0.2, 0.25) is 0 Å². The van der Waals surface area contributed by atoms with Crippen molar-refractivity contribution in [3.8, 4) is 0 Å². The number of aliphatic carboxylic acids is 1. The summed E-state index contributed by atoms with van der Waals surface area (Å²) in [6, 6.07) is 0. The zero-order chi connectivity index (χ0) is 12.8. The maximum absolute atomic E-state index is 10.8. The van der Waals surface area contributed by atoms with Crippen molar-refractivity contribution in [2.75, 3.05) is 13.1 Å². The van der Waals surface area contributed by atoms with Crippen LogP contribution in [0.15, 0.2) is 12.4 Å². The standard InChI is InChI=1S/C12H21N3O2/c1-4-14(8-10(3)12(16)17)9-11-13-6-7-15(11)5-2/h6-7,10H,4-5,8-9H2,1-3H3,(H,16,17). The zero-order valence-electron chi connectivity index (χ0n) is 10.8. The van der Waals surface area contributed by atoms with E-state index in [0.717, 1.165) is 18.9 Å². The summed E-state index contributed by atoms with van der Waals surface area (Å²) in [5, 5.41) is 8.91. The quantitative estimate of drug-likeness (QED) is 0.782. The van der Waals surface area contributed by atoms with Gasteiger partial charge in [0.15, 0.2) is 0 Å². The van der Waals surface area contributed by atoms with Crippen LogP contribution >= 0.6 is 0 Å². The molecule has 0 saturated carbocycles. The summed E-state index contributed by atoms with van der Waals surface area (Å²) in [6.45, 7) is 8.82. The number of carboxylic acids is 1. The molecule has 0 amide bonds. The van der Waals surface area contributed by atoms with E-state index in [2.05, 4.69) is 21.4 Å². The van der Waals surface area contributed by atoms with Crippen molar-refractivity contribution < 1.29 is 9.90 Å². The van der Waals surface area contributed by atoms with Gasteiger partial charge in [0.05, 0.1) is 12.5 Å². The Morgan fingerprint density at radius 3 is 2.82 bits per heavy atom. The molecule has 17 heavy (non-hydrogen) atoms. The molecule has 0 spiro atoms. The fourth-order valence-electron chi connectivity index (χ4n) is 1.75. The highest BCUT2D eigenvalue weighted by atomic mass is 16.4. The molecular weight excluding hydrogens is 218 g/mol. The molecule has 1 unspecified atom stereocenters. The second-order valence-corrected chi connectivity index (χ2v) is 4.20. The molecule has 1 rings (SSSR count). The third kappa shape index (κ3) is 3.85. The van der Waals surface area contributed by atoms with Crippen molar-refractivity contribution in [3.05, 3.63) is 18.2 Å². The van der Waals surface area contributed by atoms with Crippen molar-refractivity contribution in [1.82, 2.24) is 14.5 Å². The number of carboxylic acid groups (broad SMARTS) is 1. The van der Waals surface area contributed by atoms with E-state index in [4.69, 9.17) is 5.11 Å². The highest BCUT2D eigenvalue weighted by Crippen LogP contribution is 2.06. The molecule has 0 aromatic carbocycles. The normalized spacial score (nSPS) is 12.9. The summed E-state index contributed by atoms with van der Waals surface area (Å²) in [7, 11) is 0. The second-order valence-electron chi connectivity index (χ2n) is 4.20. The Morgan fingerprint density at radius 1 is 1.59 bits per heavy atom. The van der Waals surface area contributed by atoms with Crippen LogP contribution in [-0.4, -0.2) is 38.6 Å². The van der Waals surface area contributed by atoms with Crippen LogP contribution < -0.4 is 0 Å². The Labute approximate surface area is 102 Å². The van der Waals surface area contributed by atoms with E-state index in [0.29, 0.717) is 13.1 Å². The molecule has 0 fully saturated rings. The first-order valence-electron chi connectivity index (χ1n) is 6.03. The summed E-state index contributed by atoms with van der Waals surface area (Å²) in [6.07, 6.45) is 3.73. The Balaban J connectivity index is 2.61. The van der Waals surface area contributed by atoms with Gasteiger partial charge in [0.1, 0.15) is 5.82 Å². The third-order valence-electron chi connectivity index (χ3n) is 2.91. The molecule has 1 heterocycles. The number of aromatic nitrogens is 2. The van der Waals surface area contributed by atoms with E-state index in [-0.39, 0.29) is 5.92 Å². The summed E-state index contributed by atoms with van der Waals surface area (Å²) in [5.74, 6) is -0.103. The molecule has 0 aliphatic rings. The predicted octanol–water partition coefficient (Wildman–Crippen LogP) is 1.45. The monoisotopic (exact) mass is 239 g/mol. The lowest BCUT2D eigenvalue weighted by molar-refractivity contribution is -0.141. The smallest absolute Gasteiger partial charge is 0.307 e. The Bertz CT molecular complexity index is 362. The number of hydrogen-bond donors (Lipinski definition) is 1. The number of carbonyl (C=O) groups is 1. The SMILES string of the molecule is CCN(Cc1nccn1CC)CC(C)C(=O)O. The van der Waals surface area contributed by atoms with Crippen LogP contribution in [0.25, 0.3) is 0 Å². The van der Waals surface area contributed by atoms with Crippen LogP contribution in [0, 0.1) is 5.92 Å². The third-order valence-corrected chi connectivity index (χ3v) is 2.91. The van der Waals surface area contributed by atoms with Crippen molar-refractivity contribution in [2.24, 2.45) is 5.92 Å². The number of imidazole rings is 1. The lowest BCUT2D eigenvalue weighted by Gasteiger charge is -2.22. The minimum absolute atomic E-state index is 0.347. The molecule has 1 aromatic rings. The molecule has 0 bridgehead atoms. The average Bonchev–Trinajstić information content (AvgIpc) is 2.75. The highest BCUT2D eigenvalue weighted by Gasteiger charge is 2.16. The summed E-state index contributed by atoms with van der Waals surface area (Å²) in [5.41, 5.74) is 0. The van der Waals surface area contributed by atoms with E-state index < -0.39 is 5.97 Å². The van der Waals surface area contributed by atoms with Gasteiger partial charge in [0.25, 0.3) is 0 Å². The van der Waals surface area contributed by atoms with Crippen LogP contribution in [0.2, 0.25) is 0 Å². The van der Waals surface area contributed by atoms with E-state index >= 15 is 0 Å². The van der Waals surface area contributed by atoms with E-state index in [1.165, 1.54) is 0 Å². The maximum atomic E-state index is 10.8. The van der Waals surface area contributed by atoms with E-state index in [9.17, 15) is 4.79 Å². The van der Waals surface area contributed by atoms with Crippen molar-refractivity contribution in [1.29, 1.82) is 0 Å². The van der Waals surface area contributed by atoms with Crippen molar-refractivity contribution >= 4 is 5.97 Å². The van der Waals surface area contributed by atoms with Crippen LogP contribution in [0.3, 0.4) is 0 Å². The van der Waals surface area contributed by atoms with Gasteiger partial charge in [-0.1, -0.05) is 13.8 Å². The molecule has 5 heteroatoms. The topological polar surface area (TPSA) is 58.4 Å². The summed E-state index contributed by atoms with van der Waals surface area (Å²) >= 11 is 0. The molecule has 0 saturated heterocycles. The first kappa shape index (κ1) is 13.7. The van der Waals surface area contributed by atoms with Crippen LogP contribution in [-0.2, 0) is 17.9 Å². The Hall–Kier alpha value is -1.36. The van der Waals surface area contributed by atoms with Crippen LogP contribution in [0.5, 0.6) is 0 Å². The fraction of sp³-hybridized carbons (Fsp3) is 0.667. The lowest BCUT2D eigenvalue weighted by Crippen LogP contribution is -2.32. The van der Waals surface area contributed by atoms with Gasteiger partial charge < -0.3 is 9.67 Å².